The van der Waals surface area contributed by atoms with Crippen molar-refractivity contribution in [2.24, 2.45) is 4.99 Å². The maximum Gasteiger partial charge on any atom is 0.0646 e. The zero-order valence-electron chi connectivity index (χ0n) is 8.25. The van der Waals surface area contributed by atoms with Crippen LogP contribution in [0.2, 0.25) is 0 Å². The molecule has 1 aromatic carbocycles. The van der Waals surface area contributed by atoms with Crippen LogP contribution < -0.4 is 10.6 Å². The summed E-state index contributed by atoms with van der Waals surface area (Å²) in [5, 5.41) is 2.48. The Morgan fingerprint density at radius 1 is 1.31 bits per heavy atom. The first-order valence-electron chi connectivity index (χ1n) is 4.92. The van der Waals surface area contributed by atoms with Crippen molar-refractivity contribution < 1.29 is 0 Å². The van der Waals surface area contributed by atoms with E-state index in [4.69, 9.17) is 0 Å². The van der Waals surface area contributed by atoms with Gasteiger partial charge in [-0.25, -0.2) is 0 Å². The fourth-order valence-electron chi connectivity index (χ4n) is 1.63. The molecule has 0 aromatic heterocycles. The lowest BCUT2D eigenvalue weighted by Crippen LogP contribution is -2.28. The molecule has 1 aromatic rings. The molecule has 1 aliphatic heterocycles. The molecule has 0 bridgehead atoms. The van der Waals surface area contributed by atoms with Crippen LogP contribution in [0.3, 0.4) is 0 Å². The first-order chi connectivity index (χ1) is 6.27. The molecule has 0 saturated heterocycles. The van der Waals surface area contributed by atoms with Gasteiger partial charge in [-0.05, 0) is 29.2 Å². The van der Waals surface area contributed by atoms with Crippen LogP contribution in [-0.4, -0.2) is 6.54 Å². The van der Waals surface area contributed by atoms with E-state index in [9.17, 15) is 0 Å². The summed E-state index contributed by atoms with van der Waals surface area (Å²) in [5.41, 5.74) is 1.39. The van der Waals surface area contributed by atoms with Crippen LogP contribution in [0.4, 0.5) is 0 Å². The normalized spacial score (nSPS) is 14.7. The predicted octanol–water partition coefficient (Wildman–Crippen LogP) is 1.61. The fourth-order valence-corrected chi connectivity index (χ4v) is 1.63. The molecule has 0 N–H and O–H groups in total. The molecule has 0 atom stereocenters. The summed E-state index contributed by atoms with van der Waals surface area (Å²) in [6.45, 7) is 5.39. The maximum atomic E-state index is 4.50. The molecular formula is C12H15N. The molecule has 0 amide bonds. The number of hydrogen-bond acceptors (Lipinski definition) is 1. The van der Waals surface area contributed by atoms with Crippen molar-refractivity contribution in [3.8, 4) is 0 Å². The van der Waals surface area contributed by atoms with E-state index in [1.807, 2.05) is 0 Å². The summed E-state index contributed by atoms with van der Waals surface area (Å²) in [4.78, 5) is 4.50. The lowest BCUT2D eigenvalue weighted by atomic mass is 10.0. The topological polar surface area (TPSA) is 12.4 Å². The Labute approximate surface area is 78.8 Å². The maximum absolute atomic E-state index is 4.50. The second-order valence-corrected chi connectivity index (χ2v) is 3.85. The SMILES string of the molecule is CC(C)c1ccc2c(c1)=NCCC=2. The first kappa shape index (κ1) is 8.49. The lowest BCUT2D eigenvalue weighted by molar-refractivity contribution is 0.857. The predicted molar refractivity (Wildman–Crippen MR) is 55.3 cm³/mol. The van der Waals surface area contributed by atoms with Gasteiger partial charge < -0.3 is 0 Å². The van der Waals surface area contributed by atoms with Crippen LogP contribution >= 0.6 is 0 Å². The van der Waals surface area contributed by atoms with Gasteiger partial charge in [0.25, 0.3) is 0 Å². The molecule has 0 radical (unpaired) electrons. The Balaban J connectivity index is 2.60. The van der Waals surface area contributed by atoms with Crippen molar-refractivity contribution in [2.75, 3.05) is 6.54 Å². The molecule has 0 aliphatic carbocycles. The molecule has 0 spiro atoms. The van der Waals surface area contributed by atoms with E-state index < -0.39 is 0 Å². The van der Waals surface area contributed by atoms with Crippen molar-refractivity contribution in [2.45, 2.75) is 26.2 Å². The summed E-state index contributed by atoms with van der Waals surface area (Å²) in [7, 11) is 0. The van der Waals surface area contributed by atoms with E-state index >= 15 is 0 Å². The molecule has 1 heteroatoms. The Hall–Kier alpha value is -1.11. The van der Waals surface area contributed by atoms with Crippen LogP contribution in [0.25, 0.3) is 6.08 Å². The summed E-state index contributed by atoms with van der Waals surface area (Å²) < 4.78 is 0. The molecule has 0 saturated carbocycles. The average molecular weight is 173 g/mol. The molecule has 2 rings (SSSR count). The van der Waals surface area contributed by atoms with E-state index in [1.54, 1.807) is 0 Å². The highest BCUT2D eigenvalue weighted by Crippen LogP contribution is 2.09. The second kappa shape index (κ2) is 3.33. The summed E-state index contributed by atoms with van der Waals surface area (Å²) in [5.74, 6) is 0.599. The minimum atomic E-state index is 0.599. The van der Waals surface area contributed by atoms with E-state index in [2.05, 4.69) is 43.1 Å². The van der Waals surface area contributed by atoms with Crippen LogP contribution in [0, 0.1) is 0 Å². The molecule has 13 heavy (non-hydrogen) atoms. The van der Waals surface area contributed by atoms with Crippen molar-refractivity contribution >= 4 is 6.08 Å². The number of nitrogens with zero attached hydrogens (tertiary/aromatic N) is 1. The average Bonchev–Trinajstić information content (AvgIpc) is 2.17. The third-order valence-corrected chi connectivity index (χ3v) is 2.50. The largest absolute Gasteiger partial charge is 0.284 e. The zero-order valence-corrected chi connectivity index (χ0v) is 8.25. The van der Waals surface area contributed by atoms with Gasteiger partial charge in [0.05, 0.1) is 5.36 Å². The summed E-state index contributed by atoms with van der Waals surface area (Å²) in [6.07, 6.45) is 3.36. The van der Waals surface area contributed by atoms with Crippen LogP contribution in [0.15, 0.2) is 23.2 Å². The van der Waals surface area contributed by atoms with Gasteiger partial charge in [0.2, 0.25) is 0 Å². The lowest BCUT2D eigenvalue weighted by Gasteiger charge is -2.06. The van der Waals surface area contributed by atoms with Crippen LogP contribution in [-0.2, 0) is 0 Å². The molecule has 1 heterocycles. The van der Waals surface area contributed by atoms with Crippen molar-refractivity contribution in [1.82, 2.24) is 0 Å². The zero-order chi connectivity index (χ0) is 9.26. The number of fused-ring (bicyclic) bond motifs is 1. The van der Waals surface area contributed by atoms with Gasteiger partial charge in [-0.3, -0.25) is 4.99 Å². The molecule has 68 valence electrons. The van der Waals surface area contributed by atoms with Crippen molar-refractivity contribution in [3.63, 3.8) is 0 Å². The number of hydrogen-bond donors (Lipinski definition) is 0. The van der Waals surface area contributed by atoms with E-state index in [0.717, 1.165) is 13.0 Å². The van der Waals surface area contributed by atoms with Gasteiger partial charge in [-0.2, -0.15) is 0 Å². The number of rotatable bonds is 1. The monoisotopic (exact) mass is 173 g/mol. The third kappa shape index (κ3) is 1.64. The van der Waals surface area contributed by atoms with Gasteiger partial charge in [0.1, 0.15) is 0 Å². The second-order valence-electron chi connectivity index (χ2n) is 3.85. The number of benzene rings is 1. The highest BCUT2D eigenvalue weighted by molar-refractivity contribution is 5.29. The highest BCUT2D eigenvalue weighted by atomic mass is 14.7. The fraction of sp³-hybridized carbons (Fsp3) is 0.417. The van der Waals surface area contributed by atoms with Crippen LogP contribution in [0.5, 0.6) is 0 Å². The highest BCUT2D eigenvalue weighted by Gasteiger charge is 2.00. The van der Waals surface area contributed by atoms with Gasteiger partial charge in [-0.1, -0.05) is 32.1 Å². The molecule has 1 nitrogen and oxygen atoms in total. The Bertz CT molecular complexity index is 415. The van der Waals surface area contributed by atoms with Gasteiger partial charge in [0.15, 0.2) is 0 Å². The minimum absolute atomic E-state index is 0.599. The molecule has 1 aliphatic rings. The van der Waals surface area contributed by atoms with Crippen molar-refractivity contribution in [1.29, 1.82) is 0 Å². The molecule has 0 fully saturated rings. The van der Waals surface area contributed by atoms with E-state index in [-0.39, 0.29) is 0 Å². The van der Waals surface area contributed by atoms with Gasteiger partial charge in [0, 0.05) is 6.54 Å². The standard InChI is InChI=1S/C12H15N/c1-9(2)11-6-5-10-4-3-7-13-12(10)8-11/h4-6,8-9H,3,7H2,1-2H3. The summed E-state index contributed by atoms with van der Waals surface area (Å²) in [6, 6.07) is 6.61. The van der Waals surface area contributed by atoms with Gasteiger partial charge in [-0.15, -0.1) is 0 Å². The van der Waals surface area contributed by atoms with E-state index in [0.29, 0.717) is 5.92 Å². The molecule has 0 unspecified atom stereocenters. The summed E-state index contributed by atoms with van der Waals surface area (Å²) >= 11 is 0. The first-order valence-corrected chi connectivity index (χ1v) is 4.92. The van der Waals surface area contributed by atoms with Crippen LogP contribution in [0.1, 0.15) is 31.7 Å². The smallest absolute Gasteiger partial charge is 0.0646 e. The van der Waals surface area contributed by atoms with E-state index in [1.165, 1.54) is 16.1 Å². The Morgan fingerprint density at radius 3 is 2.92 bits per heavy atom. The quantitative estimate of drug-likeness (QED) is 0.612. The Morgan fingerprint density at radius 2 is 2.15 bits per heavy atom. The minimum Gasteiger partial charge on any atom is -0.284 e. The Kier molecular flexibility index (Phi) is 2.17. The van der Waals surface area contributed by atoms with Gasteiger partial charge >= 0.3 is 0 Å². The van der Waals surface area contributed by atoms with Crippen molar-refractivity contribution in [3.05, 3.63) is 34.3 Å². The molecular weight excluding hydrogens is 158 g/mol. The third-order valence-electron chi connectivity index (χ3n) is 2.50.